The number of nitriles is 1. The normalized spacial score (nSPS) is 10.5. The van der Waals surface area contributed by atoms with Gasteiger partial charge in [0.2, 0.25) is 5.91 Å². The van der Waals surface area contributed by atoms with Crippen molar-refractivity contribution in [2.24, 2.45) is 7.05 Å². The molecule has 0 atom stereocenters. The zero-order valence-electron chi connectivity index (χ0n) is 14.2. The van der Waals surface area contributed by atoms with Gasteiger partial charge < -0.3 is 13.9 Å². The minimum Gasteiger partial charge on any atom is -0.461 e. The average Bonchev–Trinajstić information content (AvgIpc) is 3.31. The zero-order valence-corrected chi connectivity index (χ0v) is 15.0. The van der Waals surface area contributed by atoms with Gasteiger partial charge in [-0.3, -0.25) is 4.79 Å². The Balaban J connectivity index is 1.70. The lowest BCUT2D eigenvalue weighted by Gasteiger charge is -2.21. The van der Waals surface area contributed by atoms with E-state index in [0.29, 0.717) is 23.3 Å². The van der Waals surface area contributed by atoms with Crippen LogP contribution in [0.2, 0.25) is 0 Å². The van der Waals surface area contributed by atoms with E-state index in [4.69, 9.17) is 9.68 Å². The van der Waals surface area contributed by atoms with Gasteiger partial charge in [-0.25, -0.2) is 0 Å². The van der Waals surface area contributed by atoms with Crippen LogP contribution in [0.1, 0.15) is 6.42 Å². The molecule has 1 amide bonds. The number of para-hydroxylation sites is 1. The molecule has 0 saturated carbocycles. The third kappa shape index (κ3) is 3.95. The molecule has 1 aromatic carbocycles. The molecule has 2 heterocycles. The number of rotatable bonds is 7. The average molecular weight is 367 g/mol. The molecule has 8 heteroatoms. The molecule has 3 rings (SSSR count). The van der Waals surface area contributed by atoms with Crippen LogP contribution < -0.4 is 4.90 Å². The van der Waals surface area contributed by atoms with Crippen molar-refractivity contribution >= 4 is 23.4 Å². The first-order valence-corrected chi connectivity index (χ1v) is 8.97. The third-order valence-electron chi connectivity index (χ3n) is 3.72. The van der Waals surface area contributed by atoms with Crippen molar-refractivity contribution in [1.29, 1.82) is 5.26 Å². The monoisotopic (exact) mass is 367 g/mol. The molecular formula is C18H17N5O2S. The number of thioether (sulfide) groups is 1. The van der Waals surface area contributed by atoms with E-state index in [1.807, 2.05) is 43.4 Å². The fourth-order valence-corrected chi connectivity index (χ4v) is 3.22. The number of amides is 1. The first kappa shape index (κ1) is 17.8. The summed E-state index contributed by atoms with van der Waals surface area (Å²) in [5, 5.41) is 17.7. The highest BCUT2D eigenvalue weighted by Gasteiger charge is 2.18. The van der Waals surface area contributed by atoms with Crippen LogP contribution in [0.15, 0.2) is 58.3 Å². The predicted molar refractivity (Wildman–Crippen MR) is 98.5 cm³/mol. The van der Waals surface area contributed by atoms with Crippen LogP contribution in [0.5, 0.6) is 0 Å². The number of anilines is 1. The third-order valence-corrected chi connectivity index (χ3v) is 4.72. The maximum Gasteiger partial charge on any atom is 0.237 e. The minimum atomic E-state index is -0.0843. The molecule has 0 N–H and O–H groups in total. The molecule has 0 aliphatic heterocycles. The lowest BCUT2D eigenvalue weighted by atomic mass is 10.2. The van der Waals surface area contributed by atoms with Crippen LogP contribution in [0, 0.1) is 11.3 Å². The second-order valence-corrected chi connectivity index (χ2v) is 6.36. The van der Waals surface area contributed by atoms with Crippen molar-refractivity contribution in [3.05, 3.63) is 48.7 Å². The lowest BCUT2D eigenvalue weighted by molar-refractivity contribution is -0.116. The van der Waals surface area contributed by atoms with E-state index in [0.717, 1.165) is 5.69 Å². The Labute approximate surface area is 155 Å². The molecular weight excluding hydrogens is 350 g/mol. The van der Waals surface area contributed by atoms with Gasteiger partial charge in [0.05, 0.1) is 24.5 Å². The molecule has 0 unspecified atom stereocenters. The van der Waals surface area contributed by atoms with E-state index in [1.54, 1.807) is 21.8 Å². The van der Waals surface area contributed by atoms with Crippen molar-refractivity contribution < 1.29 is 9.21 Å². The Morgan fingerprint density at radius 1 is 1.27 bits per heavy atom. The fourth-order valence-electron chi connectivity index (χ4n) is 2.43. The summed E-state index contributed by atoms with van der Waals surface area (Å²) in [4.78, 5) is 14.3. The standard InChI is InChI=1S/C18H17N5O2S/c1-22-17(15-9-5-12-25-15)20-21-18(22)26-13-16(24)23(11-6-10-19)14-7-3-2-4-8-14/h2-5,7-9,12H,6,11,13H2,1H3. The fraction of sp³-hybridized carbons (Fsp3) is 0.222. The van der Waals surface area contributed by atoms with Crippen molar-refractivity contribution in [3.63, 3.8) is 0 Å². The minimum absolute atomic E-state index is 0.0843. The second kappa shape index (κ2) is 8.36. The van der Waals surface area contributed by atoms with Crippen molar-refractivity contribution in [1.82, 2.24) is 14.8 Å². The van der Waals surface area contributed by atoms with Gasteiger partial charge in [-0.05, 0) is 24.3 Å². The summed E-state index contributed by atoms with van der Waals surface area (Å²) in [6, 6.07) is 15.0. The Morgan fingerprint density at radius 2 is 2.08 bits per heavy atom. The van der Waals surface area contributed by atoms with E-state index in [-0.39, 0.29) is 18.1 Å². The van der Waals surface area contributed by atoms with E-state index >= 15 is 0 Å². The number of carbonyl (C=O) groups excluding carboxylic acids is 1. The number of hydrogen-bond acceptors (Lipinski definition) is 6. The van der Waals surface area contributed by atoms with E-state index in [2.05, 4.69) is 16.3 Å². The maximum atomic E-state index is 12.7. The highest BCUT2D eigenvalue weighted by molar-refractivity contribution is 7.99. The van der Waals surface area contributed by atoms with Gasteiger partial charge >= 0.3 is 0 Å². The number of furan rings is 1. The summed E-state index contributed by atoms with van der Waals surface area (Å²) >= 11 is 1.30. The summed E-state index contributed by atoms with van der Waals surface area (Å²) in [6.07, 6.45) is 1.85. The van der Waals surface area contributed by atoms with Gasteiger partial charge in [0.1, 0.15) is 0 Å². The Kier molecular flexibility index (Phi) is 5.71. The molecule has 0 saturated heterocycles. The smallest absolute Gasteiger partial charge is 0.237 e. The van der Waals surface area contributed by atoms with Gasteiger partial charge in [-0.1, -0.05) is 30.0 Å². The van der Waals surface area contributed by atoms with Crippen molar-refractivity contribution in [3.8, 4) is 17.7 Å². The molecule has 3 aromatic rings. The first-order chi connectivity index (χ1) is 12.7. The van der Waals surface area contributed by atoms with Gasteiger partial charge in [0.15, 0.2) is 16.7 Å². The van der Waals surface area contributed by atoms with Crippen molar-refractivity contribution in [2.75, 3.05) is 17.2 Å². The Bertz CT molecular complexity index is 900. The van der Waals surface area contributed by atoms with Crippen LogP contribution in [-0.4, -0.2) is 33.0 Å². The first-order valence-electron chi connectivity index (χ1n) is 7.99. The largest absolute Gasteiger partial charge is 0.461 e. The summed E-state index contributed by atoms with van der Waals surface area (Å²) in [5.41, 5.74) is 0.780. The summed E-state index contributed by atoms with van der Waals surface area (Å²) in [5.74, 6) is 1.34. The quantitative estimate of drug-likeness (QED) is 0.596. The van der Waals surface area contributed by atoms with E-state index in [1.165, 1.54) is 11.8 Å². The maximum absolute atomic E-state index is 12.7. The molecule has 0 radical (unpaired) electrons. The lowest BCUT2D eigenvalue weighted by Crippen LogP contribution is -2.33. The predicted octanol–water partition coefficient (Wildman–Crippen LogP) is 3.11. The Morgan fingerprint density at radius 3 is 2.77 bits per heavy atom. The summed E-state index contributed by atoms with van der Waals surface area (Å²) in [7, 11) is 1.83. The summed E-state index contributed by atoms with van der Waals surface area (Å²) < 4.78 is 7.13. The van der Waals surface area contributed by atoms with Crippen molar-refractivity contribution in [2.45, 2.75) is 11.6 Å². The van der Waals surface area contributed by atoms with Gasteiger partial charge in [-0.2, -0.15) is 5.26 Å². The topological polar surface area (TPSA) is 88.0 Å². The molecule has 26 heavy (non-hydrogen) atoms. The molecule has 0 aliphatic carbocycles. The SMILES string of the molecule is Cn1c(SCC(=O)N(CCC#N)c2ccccc2)nnc1-c1ccco1. The summed E-state index contributed by atoms with van der Waals surface area (Å²) in [6.45, 7) is 0.358. The highest BCUT2D eigenvalue weighted by atomic mass is 32.2. The molecule has 0 spiro atoms. The van der Waals surface area contributed by atoms with Crippen LogP contribution in [0.3, 0.4) is 0 Å². The van der Waals surface area contributed by atoms with Crippen LogP contribution >= 0.6 is 11.8 Å². The number of nitrogens with zero attached hydrogens (tertiary/aromatic N) is 5. The van der Waals surface area contributed by atoms with Gasteiger partial charge in [0, 0.05) is 19.3 Å². The second-order valence-electron chi connectivity index (χ2n) is 5.42. The van der Waals surface area contributed by atoms with Gasteiger partial charge in [-0.15, -0.1) is 10.2 Å². The molecule has 0 fully saturated rings. The van der Waals surface area contributed by atoms with Crippen LogP contribution in [0.25, 0.3) is 11.6 Å². The van der Waals surface area contributed by atoms with E-state index in [9.17, 15) is 4.79 Å². The van der Waals surface area contributed by atoms with Crippen LogP contribution in [-0.2, 0) is 11.8 Å². The number of hydrogen-bond donors (Lipinski definition) is 0. The number of benzene rings is 1. The molecule has 132 valence electrons. The zero-order chi connectivity index (χ0) is 18.4. The Hall–Kier alpha value is -3.05. The number of aromatic nitrogens is 3. The molecule has 0 bridgehead atoms. The highest BCUT2D eigenvalue weighted by Crippen LogP contribution is 2.24. The molecule has 2 aromatic heterocycles. The molecule has 7 nitrogen and oxygen atoms in total. The van der Waals surface area contributed by atoms with Crippen LogP contribution in [0.4, 0.5) is 5.69 Å². The van der Waals surface area contributed by atoms with Gasteiger partial charge in [0.25, 0.3) is 0 Å². The molecule has 0 aliphatic rings. The van der Waals surface area contributed by atoms with E-state index < -0.39 is 0 Å². The number of carbonyl (C=O) groups is 1.